The Balaban J connectivity index is 3.05. The van der Waals surface area contributed by atoms with Crippen molar-refractivity contribution in [1.29, 1.82) is 0 Å². The van der Waals surface area contributed by atoms with Crippen molar-refractivity contribution < 1.29 is 14.4 Å². The van der Waals surface area contributed by atoms with Crippen molar-refractivity contribution in [2.75, 3.05) is 14.2 Å². The van der Waals surface area contributed by atoms with Crippen LogP contribution >= 0.6 is 0 Å². The summed E-state index contributed by atoms with van der Waals surface area (Å²) in [6, 6.07) is 0. The van der Waals surface area contributed by atoms with Gasteiger partial charge in [0.25, 0.3) is 5.82 Å². The SMILES string of the molecule is COC(OC)c1ncc([N+](=O)[O-])n1C. The Hall–Kier alpha value is -1.47. The minimum absolute atomic E-state index is 0.0981. The molecule has 14 heavy (non-hydrogen) atoms. The molecule has 1 aromatic rings. The lowest BCUT2D eigenvalue weighted by Gasteiger charge is -2.09. The van der Waals surface area contributed by atoms with Gasteiger partial charge in [0.05, 0.1) is 7.05 Å². The molecule has 0 unspecified atom stereocenters. The van der Waals surface area contributed by atoms with Gasteiger partial charge in [-0.25, -0.2) is 9.55 Å². The van der Waals surface area contributed by atoms with Gasteiger partial charge < -0.3 is 19.6 Å². The molecule has 1 rings (SSSR count). The third-order valence-electron chi connectivity index (χ3n) is 1.83. The van der Waals surface area contributed by atoms with Crippen LogP contribution in [-0.2, 0) is 16.5 Å². The van der Waals surface area contributed by atoms with Crippen molar-refractivity contribution in [3.63, 3.8) is 0 Å². The summed E-state index contributed by atoms with van der Waals surface area (Å²) in [7, 11) is 4.41. The van der Waals surface area contributed by atoms with Gasteiger partial charge in [0, 0.05) is 14.2 Å². The van der Waals surface area contributed by atoms with E-state index in [4.69, 9.17) is 9.47 Å². The molecule has 1 heterocycles. The highest BCUT2D eigenvalue weighted by atomic mass is 16.7. The van der Waals surface area contributed by atoms with Gasteiger partial charge in [-0.1, -0.05) is 0 Å². The molecule has 0 radical (unpaired) electrons. The van der Waals surface area contributed by atoms with Gasteiger partial charge in [0.1, 0.15) is 6.20 Å². The molecule has 0 spiro atoms. The van der Waals surface area contributed by atoms with Gasteiger partial charge in [-0.3, -0.25) is 0 Å². The third kappa shape index (κ3) is 1.73. The Morgan fingerprint density at radius 1 is 1.57 bits per heavy atom. The zero-order chi connectivity index (χ0) is 10.7. The zero-order valence-electron chi connectivity index (χ0n) is 8.13. The monoisotopic (exact) mass is 201 g/mol. The number of hydrogen-bond donors (Lipinski definition) is 0. The maximum atomic E-state index is 10.5. The molecule has 7 nitrogen and oxygen atoms in total. The second-order valence-corrected chi connectivity index (χ2v) is 2.59. The van der Waals surface area contributed by atoms with Crippen LogP contribution in [0.4, 0.5) is 5.82 Å². The predicted octanol–water partition coefficient (Wildman–Crippen LogP) is 0.620. The summed E-state index contributed by atoms with van der Waals surface area (Å²) in [6.45, 7) is 0. The van der Waals surface area contributed by atoms with E-state index in [9.17, 15) is 10.1 Å². The van der Waals surface area contributed by atoms with E-state index in [1.165, 1.54) is 32.0 Å². The van der Waals surface area contributed by atoms with Crippen LogP contribution in [0.1, 0.15) is 12.1 Å². The van der Waals surface area contributed by atoms with Crippen LogP contribution in [0.5, 0.6) is 0 Å². The molecule has 0 saturated carbocycles. The number of aromatic nitrogens is 2. The Kier molecular flexibility index (Phi) is 3.15. The minimum Gasteiger partial charge on any atom is -0.358 e. The summed E-state index contributed by atoms with van der Waals surface area (Å²) in [4.78, 5) is 13.8. The molecule has 0 aliphatic heterocycles. The molecule has 0 N–H and O–H groups in total. The second-order valence-electron chi connectivity index (χ2n) is 2.59. The third-order valence-corrected chi connectivity index (χ3v) is 1.83. The largest absolute Gasteiger partial charge is 0.358 e. The first kappa shape index (κ1) is 10.6. The molecule has 7 heteroatoms. The molecular formula is C7H11N3O4. The van der Waals surface area contributed by atoms with E-state index in [1.54, 1.807) is 0 Å². The molecule has 0 atom stereocenters. The highest BCUT2D eigenvalue weighted by Crippen LogP contribution is 2.20. The Morgan fingerprint density at radius 2 is 2.14 bits per heavy atom. The molecule has 78 valence electrons. The smallest absolute Gasteiger partial charge is 0.342 e. The fraction of sp³-hybridized carbons (Fsp3) is 0.571. The van der Waals surface area contributed by atoms with Gasteiger partial charge in [0.2, 0.25) is 6.29 Å². The van der Waals surface area contributed by atoms with E-state index in [-0.39, 0.29) is 5.82 Å². The molecule has 1 aromatic heterocycles. The Bertz CT molecular complexity index is 332. The summed E-state index contributed by atoms with van der Waals surface area (Å²) in [5, 5.41) is 10.5. The van der Waals surface area contributed by atoms with E-state index < -0.39 is 11.2 Å². The highest BCUT2D eigenvalue weighted by molar-refractivity contribution is 5.19. The van der Waals surface area contributed by atoms with Gasteiger partial charge in [-0.15, -0.1) is 0 Å². The lowest BCUT2D eigenvalue weighted by Crippen LogP contribution is -2.11. The van der Waals surface area contributed by atoms with Crippen molar-refractivity contribution in [3.05, 3.63) is 22.1 Å². The van der Waals surface area contributed by atoms with E-state index in [1.807, 2.05) is 0 Å². The van der Waals surface area contributed by atoms with Crippen molar-refractivity contribution in [2.45, 2.75) is 6.29 Å². The van der Waals surface area contributed by atoms with Gasteiger partial charge in [-0.2, -0.15) is 0 Å². The van der Waals surface area contributed by atoms with E-state index in [0.717, 1.165) is 0 Å². The molecule has 0 bridgehead atoms. The van der Waals surface area contributed by atoms with E-state index in [2.05, 4.69) is 4.98 Å². The van der Waals surface area contributed by atoms with Gasteiger partial charge in [-0.05, 0) is 4.92 Å². The topological polar surface area (TPSA) is 79.4 Å². The van der Waals surface area contributed by atoms with E-state index in [0.29, 0.717) is 5.82 Å². The van der Waals surface area contributed by atoms with Crippen LogP contribution in [0.2, 0.25) is 0 Å². The Labute approximate surface area is 80.4 Å². The minimum atomic E-state index is -0.686. The Morgan fingerprint density at radius 3 is 2.50 bits per heavy atom. The summed E-state index contributed by atoms with van der Waals surface area (Å²) in [5.41, 5.74) is 0. The van der Waals surface area contributed by atoms with Gasteiger partial charge >= 0.3 is 5.82 Å². The molecular weight excluding hydrogens is 190 g/mol. The number of ether oxygens (including phenoxy) is 2. The van der Waals surface area contributed by atoms with E-state index >= 15 is 0 Å². The molecule has 0 aliphatic rings. The standard InChI is InChI=1S/C7H11N3O4/c1-9-5(10(11)12)4-8-6(9)7(13-2)14-3/h4,7H,1-3H3. The van der Waals surface area contributed by atoms with Crippen molar-refractivity contribution in [3.8, 4) is 0 Å². The lowest BCUT2D eigenvalue weighted by atomic mass is 10.6. The second kappa shape index (κ2) is 4.16. The first-order chi connectivity index (χ1) is 6.61. The average Bonchev–Trinajstić information content (AvgIpc) is 2.51. The summed E-state index contributed by atoms with van der Waals surface area (Å²) in [5.74, 6) is 0.265. The molecule has 0 aliphatic carbocycles. The van der Waals surface area contributed by atoms with Crippen LogP contribution in [-0.4, -0.2) is 28.7 Å². The van der Waals surface area contributed by atoms with Crippen molar-refractivity contribution >= 4 is 5.82 Å². The van der Waals surface area contributed by atoms with Crippen LogP contribution in [0.15, 0.2) is 6.20 Å². The number of hydrogen-bond acceptors (Lipinski definition) is 5. The average molecular weight is 201 g/mol. The molecule has 0 amide bonds. The number of rotatable bonds is 4. The van der Waals surface area contributed by atoms with Gasteiger partial charge in [0.15, 0.2) is 0 Å². The van der Waals surface area contributed by atoms with Crippen molar-refractivity contribution in [2.24, 2.45) is 7.05 Å². The first-order valence-electron chi connectivity index (χ1n) is 3.83. The highest BCUT2D eigenvalue weighted by Gasteiger charge is 2.24. The summed E-state index contributed by atoms with van der Waals surface area (Å²) < 4.78 is 11.2. The fourth-order valence-electron chi connectivity index (χ4n) is 1.11. The lowest BCUT2D eigenvalue weighted by molar-refractivity contribution is -0.392. The van der Waals surface area contributed by atoms with Crippen LogP contribution in [0.3, 0.4) is 0 Å². The van der Waals surface area contributed by atoms with Crippen LogP contribution < -0.4 is 0 Å². The normalized spacial score (nSPS) is 10.9. The predicted molar refractivity (Wildman–Crippen MR) is 46.6 cm³/mol. The molecule has 0 saturated heterocycles. The number of nitro groups is 1. The van der Waals surface area contributed by atoms with Crippen molar-refractivity contribution in [1.82, 2.24) is 9.55 Å². The summed E-state index contributed by atoms with van der Waals surface area (Å²) in [6.07, 6.45) is 0.481. The maximum absolute atomic E-state index is 10.5. The summed E-state index contributed by atoms with van der Waals surface area (Å²) >= 11 is 0. The quantitative estimate of drug-likeness (QED) is 0.405. The first-order valence-corrected chi connectivity index (χ1v) is 3.83. The molecule has 0 aromatic carbocycles. The van der Waals surface area contributed by atoms with Crippen LogP contribution in [0, 0.1) is 10.1 Å². The maximum Gasteiger partial charge on any atom is 0.342 e. The number of imidazole rings is 1. The fourth-order valence-corrected chi connectivity index (χ4v) is 1.11. The van der Waals surface area contributed by atoms with Crippen LogP contribution in [0.25, 0.3) is 0 Å². The number of nitrogens with zero attached hydrogens (tertiary/aromatic N) is 3. The molecule has 0 fully saturated rings. The zero-order valence-corrected chi connectivity index (χ0v) is 8.13. The number of methoxy groups -OCH3 is 2.